The zero-order chi connectivity index (χ0) is 21.1. The molecule has 30 heavy (non-hydrogen) atoms. The minimum absolute atomic E-state index is 0.145. The van der Waals surface area contributed by atoms with E-state index in [0.717, 1.165) is 10.3 Å². The summed E-state index contributed by atoms with van der Waals surface area (Å²) < 4.78 is 10.9. The van der Waals surface area contributed by atoms with Gasteiger partial charge in [-0.2, -0.15) is 0 Å². The van der Waals surface area contributed by atoms with Crippen molar-refractivity contribution >= 4 is 33.7 Å². The minimum atomic E-state index is -0.319. The molecule has 1 atom stereocenters. The Labute approximate surface area is 172 Å². The number of nitrogens with zero attached hydrogens (tertiary/aromatic N) is 1. The van der Waals surface area contributed by atoms with Crippen LogP contribution in [0.15, 0.2) is 57.7 Å². The van der Waals surface area contributed by atoms with E-state index in [0.29, 0.717) is 41.5 Å². The lowest BCUT2D eigenvalue weighted by molar-refractivity contribution is -0.904. The van der Waals surface area contributed by atoms with Gasteiger partial charge in [0.25, 0.3) is 11.5 Å². The second-order valence-electron chi connectivity index (χ2n) is 6.99. The molecule has 1 amide bonds. The maximum absolute atomic E-state index is 12.6. The number of para-hydroxylation sites is 3. The van der Waals surface area contributed by atoms with Crippen LogP contribution in [0.25, 0.3) is 22.1 Å². The predicted octanol–water partition coefficient (Wildman–Crippen LogP) is 1.72. The highest BCUT2D eigenvalue weighted by atomic mass is 16.5. The van der Waals surface area contributed by atoms with E-state index in [1.807, 2.05) is 43.3 Å². The first-order chi connectivity index (χ1) is 14.6. The average Bonchev–Trinajstić information content (AvgIpc) is 3.13. The van der Waals surface area contributed by atoms with Gasteiger partial charge in [-0.3, -0.25) is 9.59 Å². The molecule has 8 nitrogen and oxygen atoms in total. The number of methoxy groups -OCH3 is 1. The number of aromatic nitrogens is 2. The highest BCUT2D eigenvalue weighted by Gasteiger charge is 2.18. The number of likely N-dealkylation sites (N-methyl/N-ethyl adjacent to an activating group) is 1. The summed E-state index contributed by atoms with van der Waals surface area (Å²) in [5, 5.41) is 3.68. The number of benzene rings is 2. The van der Waals surface area contributed by atoms with E-state index in [-0.39, 0.29) is 23.6 Å². The van der Waals surface area contributed by atoms with Gasteiger partial charge in [-0.15, -0.1) is 0 Å². The smallest absolute Gasteiger partial charge is 0.294 e. The van der Waals surface area contributed by atoms with Crippen molar-refractivity contribution in [1.82, 2.24) is 9.97 Å². The van der Waals surface area contributed by atoms with Gasteiger partial charge in [0.15, 0.2) is 12.4 Å². The zero-order valence-electron chi connectivity index (χ0n) is 16.8. The molecule has 2 aromatic carbocycles. The van der Waals surface area contributed by atoms with Crippen LogP contribution in [0.3, 0.4) is 0 Å². The largest absolute Gasteiger partial charge is 0.495 e. The van der Waals surface area contributed by atoms with Crippen LogP contribution in [0.5, 0.6) is 5.75 Å². The van der Waals surface area contributed by atoms with Crippen molar-refractivity contribution in [3.8, 4) is 5.75 Å². The second kappa shape index (κ2) is 8.38. The van der Waals surface area contributed by atoms with E-state index in [4.69, 9.17) is 9.15 Å². The van der Waals surface area contributed by atoms with Crippen molar-refractivity contribution in [2.24, 2.45) is 0 Å². The van der Waals surface area contributed by atoms with Crippen molar-refractivity contribution in [3.05, 3.63) is 64.7 Å². The summed E-state index contributed by atoms with van der Waals surface area (Å²) in [5.41, 5.74) is 1.68. The molecule has 1 unspecified atom stereocenters. The number of fused-ring (bicyclic) bond motifs is 3. The third-order valence-electron chi connectivity index (χ3n) is 4.99. The Hall–Kier alpha value is -3.65. The van der Waals surface area contributed by atoms with E-state index in [2.05, 4.69) is 15.3 Å². The number of amides is 1. The number of furan rings is 1. The van der Waals surface area contributed by atoms with Gasteiger partial charge in [-0.1, -0.05) is 24.3 Å². The number of hydrogen-bond donors (Lipinski definition) is 3. The van der Waals surface area contributed by atoms with Gasteiger partial charge in [0.05, 0.1) is 19.3 Å². The molecular weight excluding hydrogens is 384 g/mol. The number of quaternary nitrogens is 1. The summed E-state index contributed by atoms with van der Waals surface area (Å²) >= 11 is 0. The number of carbonyl (C=O) groups is 1. The van der Waals surface area contributed by atoms with Crippen molar-refractivity contribution < 1.29 is 18.8 Å². The molecule has 2 heterocycles. The highest BCUT2D eigenvalue weighted by Crippen LogP contribution is 2.24. The van der Waals surface area contributed by atoms with Gasteiger partial charge >= 0.3 is 0 Å². The highest BCUT2D eigenvalue weighted by molar-refractivity contribution is 6.01. The van der Waals surface area contributed by atoms with E-state index in [1.54, 1.807) is 19.2 Å². The van der Waals surface area contributed by atoms with Gasteiger partial charge in [0.1, 0.15) is 23.4 Å². The molecule has 0 bridgehead atoms. The number of nitrogens with one attached hydrogen (secondary N) is 3. The van der Waals surface area contributed by atoms with Crippen LogP contribution in [-0.2, 0) is 11.3 Å². The van der Waals surface area contributed by atoms with Gasteiger partial charge in [0, 0.05) is 5.39 Å². The summed E-state index contributed by atoms with van der Waals surface area (Å²) in [6.45, 7) is 3.30. The van der Waals surface area contributed by atoms with Crippen LogP contribution >= 0.6 is 0 Å². The van der Waals surface area contributed by atoms with E-state index in [1.165, 1.54) is 0 Å². The van der Waals surface area contributed by atoms with E-state index >= 15 is 0 Å². The fourth-order valence-corrected chi connectivity index (χ4v) is 3.45. The third kappa shape index (κ3) is 3.90. The topological polar surface area (TPSA) is 102 Å². The lowest BCUT2D eigenvalue weighted by Gasteiger charge is -2.17. The molecule has 154 valence electrons. The maximum atomic E-state index is 12.6. The normalized spacial score (nSPS) is 12.2. The monoisotopic (exact) mass is 407 g/mol. The summed E-state index contributed by atoms with van der Waals surface area (Å²) in [6.07, 6.45) is 0. The maximum Gasteiger partial charge on any atom is 0.294 e. The Morgan fingerprint density at radius 1 is 1.20 bits per heavy atom. The lowest BCUT2D eigenvalue weighted by atomic mass is 10.2. The Morgan fingerprint density at radius 3 is 2.77 bits per heavy atom. The molecule has 2 aromatic heterocycles. The SMILES string of the molecule is CC[NH+](CC(=O)Nc1ccccc1OC)Cc1nc2c(oc3ccccc32)c(=O)[nH]1. The summed E-state index contributed by atoms with van der Waals surface area (Å²) in [7, 11) is 1.56. The molecule has 0 saturated carbocycles. The van der Waals surface area contributed by atoms with Crippen molar-refractivity contribution in [1.29, 1.82) is 0 Å². The molecule has 0 radical (unpaired) electrons. The Morgan fingerprint density at radius 2 is 1.97 bits per heavy atom. The quantitative estimate of drug-likeness (QED) is 0.433. The predicted molar refractivity (Wildman–Crippen MR) is 114 cm³/mol. The number of aromatic amines is 1. The standard InChI is InChI=1S/C22H22N4O4/c1-3-26(13-19(27)23-15-9-5-7-11-17(15)29-2)12-18-24-20-14-8-4-6-10-16(14)30-21(20)22(28)25-18/h4-11H,3,12-13H2,1-2H3,(H,23,27)(H,24,25,28)/p+1. The Kier molecular flexibility index (Phi) is 5.49. The van der Waals surface area contributed by atoms with Gasteiger partial charge in [-0.25, -0.2) is 4.98 Å². The first-order valence-electron chi connectivity index (χ1n) is 9.76. The van der Waals surface area contributed by atoms with Crippen molar-refractivity contribution in [3.63, 3.8) is 0 Å². The van der Waals surface area contributed by atoms with Crippen LogP contribution < -0.4 is 20.5 Å². The summed E-state index contributed by atoms with van der Waals surface area (Å²) in [6, 6.07) is 14.7. The van der Waals surface area contributed by atoms with Gasteiger partial charge < -0.3 is 24.4 Å². The molecule has 0 aliphatic heterocycles. The fraction of sp³-hybridized carbons (Fsp3) is 0.227. The van der Waals surface area contributed by atoms with E-state index in [9.17, 15) is 9.59 Å². The minimum Gasteiger partial charge on any atom is -0.495 e. The number of carbonyl (C=O) groups excluding carboxylic acids is 1. The number of rotatable bonds is 7. The number of H-pyrrole nitrogens is 1. The molecular formula is C22H23N4O4+. The molecule has 4 aromatic rings. The fourth-order valence-electron chi connectivity index (χ4n) is 3.45. The molecule has 0 aliphatic carbocycles. The first-order valence-corrected chi connectivity index (χ1v) is 9.76. The molecule has 0 spiro atoms. The van der Waals surface area contributed by atoms with Gasteiger partial charge in [-0.05, 0) is 31.2 Å². The molecule has 0 fully saturated rings. The zero-order valence-corrected chi connectivity index (χ0v) is 16.8. The van der Waals surface area contributed by atoms with Crippen LogP contribution in [0, 0.1) is 0 Å². The Bertz CT molecular complexity index is 1260. The lowest BCUT2D eigenvalue weighted by Crippen LogP contribution is -3.11. The third-order valence-corrected chi connectivity index (χ3v) is 4.99. The van der Waals surface area contributed by atoms with Crippen LogP contribution in [-0.4, -0.2) is 36.1 Å². The molecule has 0 aliphatic rings. The average molecular weight is 407 g/mol. The van der Waals surface area contributed by atoms with Crippen LogP contribution in [0.2, 0.25) is 0 Å². The summed E-state index contributed by atoms with van der Waals surface area (Å²) in [5.74, 6) is 0.974. The van der Waals surface area contributed by atoms with Crippen LogP contribution in [0.1, 0.15) is 12.7 Å². The molecule has 8 heteroatoms. The molecule has 0 saturated heterocycles. The first kappa shape index (κ1) is 19.7. The van der Waals surface area contributed by atoms with Crippen molar-refractivity contribution in [2.45, 2.75) is 13.5 Å². The molecule has 3 N–H and O–H groups in total. The van der Waals surface area contributed by atoms with Gasteiger partial charge in [0.2, 0.25) is 5.58 Å². The van der Waals surface area contributed by atoms with Crippen LogP contribution in [0.4, 0.5) is 5.69 Å². The number of anilines is 1. The van der Waals surface area contributed by atoms with Crippen molar-refractivity contribution in [2.75, 3.05) is 25.5 Å². The number of hydrogen-bond acceptors (Lipinski definition) is 5. The van der Waals surface area contributed by atoms with E-state index < -0.39 is 0 Å². The number of ether oxygens (including phenoxy) is 1. The summed E-state index contributed by atoms with van der Waals surface area (Å²) in [4.78, 5) is 33.4. The second-order valence-corrected chi connectivity index (χ2v) is 6.99. The molecule has 4 rings (SSSR count). The Balaban J connectivity index is 1.53.